The molecule has 0 bridgehead atoms. The Balaban J connectivity index is 1.36. The molecule has 8 rings (SSSR count). The van der Waals surface area contributed by atoms with Gasteiger partial charge in [-0.3, -0.25) is 0 Å². The van der Waals surface area contributed by atoms with E-state index in [4.69, 9.17) is 0 Å². The third-order valence-electron chi connectivity index (χ3n) is 9.98. The number of rotatable bonds is 5. The first kappa shape index (κ1) is 29.6. The molecule has 8 aromatic rings. The summed E-state index contributed by atoms with van der Waals surface area (Å²) in [5.41, 5.74) is 7.75. The third kappa shape index (κ3) is 5.22. The Kier molecular flexibility index (Phi) is 7.24. The van der Waals surface area contributed by atoms with Crippen LogP contribution in [-0.4, -0.2) is 16.9 Å². The average molecular weight is 637 g/mol. The van der Waals surface area contributed by atoms with Crippen LogP contribution in [0.5, 0.6) is 0 Å². The maximum Gasteiger partial charge on any atom is 0.0776 e. The van der Waals surface area contributed by atoms with Crippen molar-refractivity contribution < 1.29 is 0 Å². The van der Waals surface area contributed by atoms with Gasteiger partial charge in [-0.1, -0.05) is 183 Å². The van der Waals surface area contributed by atoms with Crippen molar-refractivity contribution in [2.75, 3.05) is 0 Å². The summed E-state index contributed by atoms with van der Waals surface area (Å²) in [4.78, 5) is 0. The smallest absolute Gasteiger partial charge is 0.0682 e. The zero-order chi connectivity index (χ0) is 32.3. The predicted octanol–water partition coefficient (Wildman–Crippen LogP) is 11.5. The van der Waals surface area contributed by atoms with Gasteiger partial charge in [-0.2, -0.15) is 0 Å². The van der Waals surface area contributed by atoms with Gasteiger partial charge in [0.1, 0.15) is 0 Å². The summed E-state index contributed by atoms with van der Waals surface area (Å²) >= 11 is 0. The Labute approximate surface area is 281 Å². The Morgan fingerprint density at radius 1 is 0.404 bits per heavy atom. The average Bonchev–Trinajstić information content (AvgIpc) is 3.09. The lowest BCUT2D eigenvalue weighted by molar-refractivity contribution is 1.63. The van der Waals surface area contributed by atoms with Crippen LogP contribution in [0, 0.1) is 0 Å². The fraction of sp³-hybridized carbons (Fsp3) is 0.111. The van der Waals surface area contributed by atoms with Crippen LogP contribution in [0.15, 0.2) is 146 Å². The third-order valence-corrected chi connectivity index (χ3v) is 13.7. The number of fused-ring (bicyclic) bond motifs is 4. The van der Waals surface area contributed by atoms with Crippen LogP contribution >= 0.6 is 0 Å². The van der Waals surface area contributed by atoms with E-state index in [9.17, 15) is 0 Å². The van der Waals surface area contributed by atoms with Crippen LogP contribution in [0.25, 0.3) is 76.5 Å². The predicted molar refractivity (Wildman–Crippen MR) is 214 cm³/mol. The molecular formula is C45H40Si2. The zero-order valence-electron chi connectivity index (χ0n) is 27.9. The molecule has 0 fully saturated rings. The largest absolute Gasteiger partial charge is 0.0776 e. The zero-order valence-corrected chi connectivity index (χ0v) is 30.1. The van der Waals surface area contributed by atoms with E-state index < -0.39 is 16.9 Å². The molecule has 0 aliphatic heterocycles. The molecule has 0 spiro atoms. The van der Waals surface area contributed by atoms with Crippen molar-refractivity contribution in [3.63, 3.8) is 0 Å². The highest BCUT2D eigenvalue weighted by molar-refractivity contribution is 6.88. The van der Waals surface area contributed by atoms with E-state index in [1.165, 1.54) is 86.8 Å². The van der Waals surface area contributed by atoms with Gasteiger partial charge in [0, 0.05) is 0 Å². The van der Waals surface area contributed by atoms with E-state index >= 15 is 0 Å². The van der Waals surface area contributed by atoms with Crippen LogP contribution in [0.3, 0.4) is 0 Å². The van der Waals surface area contributed by atoms with Crippen molar-refractivity contribution >= 4 is 70.3 Å². The van der Waals surface area contributed by atoms with E-state index in [-0.39, 0.29) is 0 Å². The van der Waals surface area contributed by atoms with Gasteiger partial charge in [-0.25, -0.2) is 0 Å². The quantitative estimate of drug-likeness (QED) is 0.130. The highest BCUT2D eigenvalue weighted by Crippen LogP contribution is 2.44. The molecule has 0 heterocycles. The van der Waals surface area contributed by atoms with Crippen molar-refractivity contribution in [1.29, 1.82) is 0 Å². The molecule has 8 aromatic carbocycles. The molecule has 0 amide bonds. The van der Waals surface area contributed by atoms with Crippen molar-refractivity contribution in [3.05, 3.63) is 146 Å². The lowest BCUT2D eigenvalue weighted by Gasteiger charge is -2.20. The van der Waals surface area contributed by atoms with Gasteiger partial charge in [-0.05, 0) is 82.5 Å². The molecule has 0 aliphatic rings. The summed E-state index contributed by atoms with van der Waals surface area (Å²) in [5, 5.41) is 13.5. The molecule has 0 aliphatic carbocycles. The van der Waals surface area contributed by atoms with Crippen LogP contribution in [0.4, 0.5) is 0 Å². The van der Waals surface area contributed by atoms with Crippen LogP contribution in [0.1, 0.15) is 0 Å². The molecule has 0 saturated carbocycles. The van der Waals surface area contributed by atoms with Crippen LogP contribution in [0.2, 0.25) is 32.7 Å². The number of hydrogen-bond acceptors (Lipinski definition) is 0. The monoisotopic (exact) mass is 636 g/mol. The standard InChI is InChI=1S/C45H40Si2/c1-46(2)36-24-26-42-43(29-36)44(32-19-17-31(18-20-32)39-16-10-12-30-11-6-7-13-38(30)39)40-14-8-9-15-41(40)45(42)35-22-21-34-28-37(47(3,4)5)25-23-33(34)27-35/h6-29,46H,1-5H3. The summed E-state index contributed by atoms with van der Waals surface area (Å²) in [6.07, 6.45) is 0. The molecule has 47 heavy (non-hydrogen) atoms. The molecular weight excluding hydrogens is 597 g/mol. The van der Waals surface area contributed by atoms with Gasteiger partial charge in [0.2, 0.25) is 0 Å². The van der Waals surface area contributed by atoms with Gasteiger partial charge < -0.3 is 0 Å². The van der Waals surface area contributed by atoms with Crippen molar-refractivity contribution in [1.82, 2.24) is 0 Å². The Hall–Kier alpha value is -4.77. The SMILES string of the molecule is C[SiH](C)c1ccc2c(-c3ccc4cc([Si](C)(C)C)ccc4c3)c3ccccc3c(-c3ccc(-c4cccc5ccccc45)cc3)c2c1. The molecule has 0 nitrogen and oxygen atoms in total. The minimum atomic E-state index is -1.39. The van der Waals surface area contributed by atoms with Gasteiger partial charge in [0.05, 0.1) is 16.9 Å². The van der Waals surface area contributed by atoms with Gasteiger partial charge >= 0.3 is 0 Å². The summed E-state index contributed by atoms with van der Waals surface area (Å²) in [6, 6.07) is 55.2. The first-order chi connectivity index (χ1) is 22.8. The van der Waals surface area contributed by atoms with E-state index in [0.717, 1.165) is 0 Å². The molecule has 228 valence electrons. The van der Waals surface area contributed by atoms with Crippen molar-refractivity contribution in [2.24, 2.45) is 0 Å². The van der Waals surface area contributed by atoms with Crippen molar-refractivity contribution in [3.8, 4) is 33.4 Å². The van der Waals surface area contributed by atoms with Crippen molar-refractivity contribution in [2.45, 2.75) is 32.7 Å². The lowest BCUT2D eigenvalue weighted by atomic mass is 9.85. The number of benzene rings is 8. The first-order valence-corrected chi connectivity index (χ1v) is 23.3. The van der Waals surface area contributed by atoms with Crippen LogP contribution in [-0.2, 0) is 0 Å². The van der Waals surface area contributed by atoms with E-state index in [1.54, 1.807) is 0 Å². The first-order valence-electron chi connectivity index (χ1n) is 16.9. The summed E-state index contributed by atoms with van der Waals surface area (Å²) < 4.78 is 0. The summed E-state index contributed by atoms with van der Waals surface area (Å²) in [6.45, 7) is 12.1. The fourth-order valence-corrected chi connectivity index (χ4v) is 9.49. The highest BCUT2D eigenvalue weighted by atomic mass is 28.3. The minimum absolute atomic E-state index is 1.03. The maximum absolute atomic E-state index is 2.51. The Morgan fingerprint density at radius 3 is 1.70 bits per heavy atom. The fourth-order valence-electron chi connectivity index (χ4n) is 7.34. The van der Waals surface area contributed by atoms with E-state index in [1.807, 2.05) is 0 Å². The van der Waals surface area contributed by atoms with E-state index in [0.29, 0.717) is 0 Å². The maximum atomic E-state index is 2.51. The molecule has 0 atom stereocenters. The molecule has 2 heteroatoms. The Bertz CT molecular complexity index is 2460. The second-order valence-electron chi connectivity index (χ2n) is 14.4. The molecule has 0 unspecified atom stereocenters. The lowest BCUT2D eigenvalue weighted by Crippen LogP contribution is -2.37. The molecule has 0 N–H and O–H groups in total. The second kappa shape index (κ2) is 11.5. The van der Waals surface area contributed by atoms with Crippen LogP contribution < -0.4 is 10.4 Å². The second-order valence-corrected chi connectivity index (χ2v) is 22.4. The summed E-state index contributed by atoms with van der Waals surface area (Å²) in [7, 11) is -2.41. The van der Waals surface area contributed by atoms with Gasteiger partial charge in [0.15, 0.2) is 0 Å². The minimum Gasteiger partial charge on any atom is -0.0682 e. The molecule has 0 radical (unpaired) electrons. The van der Waals surface area contributed by atoms with Gasteiger partial charge in [0.25, 0.3) is 0 Å². The molecule has 0 aromatic heterocycles. The summed E-state index contributed by atoms with van der Waals surface area (Å²) in [5.74, 6) is 0. The normalized spacial score (nSPS) is 12.1. The topological polar surface area (TPSA) is 0 Å². The Morgan fingerprint density at radius 2 is 0.979 bits per heavy atom. The highest BCUT2D eigenvalue weighted by Gasteiger charge is 2.20. The number of hydrogen-bond donors (Lipinski definition) is 0. The molecule has 0 saturated heterocycles. The van der Waals surface area contributed by atoms with Gasteiger partial charge in [-0.15, -0.1) is 0 Å². The van der Waals surface area contributed by atoms with E-state index in [2.05, 4.69) is 178 Å².